The molecule has 1 unspecified atom stereocenters. The number of nitrogen functional groups attached to an aromatic ring is 1. The van der Waals surface area contributed by atoms with E-state index in [1.165, 1.54) is 0 Å². The smallest absolute Gasteiger partial charge is 0.282 e. The lowest BCUT2D eigenvalue weighted by molar-refractivity contribution is 0.0946. The normalized spacial score (nSPS) is 20.6. The van der Waals surface area contributed by atoms with Crippen molar-refractivity contribution in [1.82, 2.24) is 20.4 Å². The second-order valence-electron chi connectivity index (χ2n) is 4.20. The van der Waals surface area contributed by atoms with Crippen LogP contribution in [0.2, 0.25) is 0 Å². The molecule has 1 fully saturated rings. The maximum absolute atomic E-state index is 11.7. The molecule has 1 saturated heterocycles. The van der Waals surface area contributed by atoms with E-state index in [0.717, 1.165) is 37.4 Å². The Hall–Kier alpha value is -1.21. The minimum atomic E-state index is -0.172. The summed E-state index contributed by atoms with van der Waals surface area (Å²) in [6, 6.07) is 0. The minimum absolute atomic E-state index is 0.172. The third kappa shape index (κ3) is 3.13. The summed E-state index contributed by atoms with van der Waals surface area (Å²) in [7, 11) is 0. The van der Waals surface area contributed by atoms with Crippen molar-refractivity contribution in [3.05, 3.63) is 5.01 Å². The zero-order chi connectivity index (χ0) is 12.3. The van der Waals surface area contributed by atoms with Crippen LogP contribution in [0.3, 0.4) is 0 Å². The van der Waals surface area contributed by atoms with Gasteiger partial charge in [-0.05, 0) is 25.4 Å². The average Bonchev–Trinajstić information content (AvgIpc) is 2.94. The molecule has 2 rings (SSSR count). The highest BCUT2D eigenvalue weighted by Crippen LogP contribution is 2.15. The van der Waals surface area contributed by atoms with E-state index in [9.17, 15) is 4.79 Å². The zero-order valence-electron chi connectivity index (χ0n) is 9.85. The van der Waals surface area contributed by atoms with Gasteiger partial charge in [-0.25, -0.2) is 0 Å². The topological polar surface area (TPSA) is 84.1 Å². The fourth-order valence-electron chi connectivity index (χ4n) is 2.01. The van der Waals surface area contributed by atoms with Crippen LogP contribution in [0.4, 0.5) is 5.13 Å². The van der Waals surface area contributed by atoms with Crippen molar-refractivity contribution in [2.75, 3.05) is 31.9 Å². The van der Waals surface area contributed by atoms with Crippen molar-refractivity contribution >= 4 is 22.4 Å². The van der Waals surface area contributed by atoms with Gasteiger partial charge in [-0.3, -0.25) is 4.79 Å². The van der Waals surface area contributed by atoms with Gasteiger partial charge in [-0.15, -0.1) is 10.2 Å². The summed E-state index contributed by atoms with van der Waals surface area (Å²) in [5.74, 6) is 0.373. The Balaban J connectivity index is 1.77. The van der Waals surface area contributed by atoms with Gasteiger partial charge in [0.2, 0.25) is 10.1 Å². The molecular weight excluding hydrogens is 238 g/mol. The van der Waals surface area contributed by atoms with Crippen molar-refractivity contribution in [3.63, 3.8) is 0 Å². The van der Waals surface area contributed by atoms with Gasteiger partial charge in [0, 0.05) is 13.1 Å². The third-order valence-electron chi connectivity index (χ3n) is 3.00. The van der Waals surface area contributed by atoms with Crippen molar-refractivity contribution < 1.29 is 4.79 Å². The second-order valence-corrected chi connectivity index (χ2v) is 5.21. The van der Waals surface area contributed by atoms with Crippen LogP contribution in [0.1, 0.15) is 23.1 Å². The maximum atomic E-state index is 11.7. The fraction of sp³-hybridized carbons (Fsp3) is 0.700. The number of likely N-dealkylation sites (tertiary alicyclic amines) is 1. The van der Waals surface area contributed by atoms with Gasteiger partial charge >= 0.3 is 0 Å². The zero-order valence-corrected chi connectivity index (χ0v) is 10.7. The van der Waals surface area contributed by atoms with Crippen LogP contribution >= 0.6 is 11.3 Å². The Kier molecular flexibility index (Phi) is 3.90. The third-order valence-corrected chi connectivity index (χ3v) is 3.75. The number of nitrogens with one attached hydrogen (secondary N) is 1. The predicted molar refractivity (Wildman–Crippen MR) is 66.9 cm³/mol. The predicted octanol–water partition coefficient (Wildman–Crippen LogP) is 0.192. The van der Waals surface area contributed by atoms with E-state index in [1.54, 1.807) is 0 Å². The van der Waals surface area contributed by atoms with E-state index in [0.29, 0.717) is 22.6 Å². The van der Waals surface area contributed by atoms with Crippen molar-refractivity contribution in [2.45, 2.75) is 13.3 Å². The van der Waals surface area contributed by atoms with Crippen molar-refractivity contribution in [1.29, 1.82) is 0 Å². The lowest BCUT2D eigenvalue weighted by atomic mass is 10.1. The Morgan fingerprint density at radius 1 is 1.65 bits per heavy atom. The maximum Gasteiger partial charge on any atom is 0.282 e. The Morgan fingerprint density at radius 3 is 3.06 bits per heavy atom. The van der Waals surface area contributed by atoms with E-state index in [2.05, 4.69) is 27.3 Å². The van der Waals surface area contributed by atoms with Crippen LogP contribution in [-0.4, -0.2) is 47.2 Å². The van der Waals surface area contributed by atoms with Gasteiger partial charge in [0.25, 0.3) is 5.91 Å². The summed E-state index contributed by atoms with van der Waals surface area (Å²) in [5.41, 5.74) is 5.43. The van der Waals surface area contributed by atoms with Crippen molar-refractivity contribution in [3.8, 4) is 0 Å². The summed E-state index contributed by atoms with van der Waals surface area (Å²) >= 11 is 1.12. The van der Waals surface area contributed by atoms with Gasteiger partial charge in [-0.1, -0.05) is 18.3 Å². The number of hydrogen-bond acceptors (Lipinski definition) is 6. The van der Waals surface area contributed by atoms with Crippen molar-refractivity contribution in [2.24, 2.45) is 5.92 Å². The largest absolute Gasteiger partial charge is 0.374 e. The quantitative estimate of drug-likeness (QED) is 0.802. The summed E-state index contributed by atoms with van der Waals surface area (Å²) in [6.45, 7) is 6.13. The molecule has 7 heteroatoms. The Labute approximate surface area is 104 Å². The first-order valence-corrected chi connectivity index (χ1v) is 6.60. The number of nitrogens with zero attached hydrogens (tertiary/aromatic N) is 3. The molecule has 0 spiro atoms. The minimum Gasteiger partial charge on any atom is -0.374 e. The highest BCUT2D eigenvalue weighted by atomic mass is 32.1. The van der Waals surface area contributed by atoms with Gasteiger partial charge in [0.1, 0.15) is 0 Å². The number of hydrogen-bond donors (Lipinski definition) is 2. The molecule has 1 aliphatic heterocycles. The first kappa shape index (κ1) is 12.3. The molecule has 0 radical (unpaired) electrons. The number of anilines is 1. The molecule has 0 saturated carbocycles. The molecule has 1 aromatic rings. The molecule has 1 amide bonds. The first-order chi connectivity index (χ1) is 8.19. The fourth-order valence-corrected chi connectivity index (χ4v) is 2.53. The standard InChI is InChI=1S/C10H17N5OS/c1-2-15-4-3-7(6-15)5-12-8(16)9-13-14-10(11)17-9/h7H,2-6H2,1H3,(H2,11,14)(H,12,16). The van der Waals surface area contributed by atoms with Gasteiger partial charge < -0.3 is 16.0 Å². The lowest BCUT2D eigenvalue weighted by Crippen LogP contribution is -2.30. The summed E-state index contributed by atoms with van der Waals surface area (Å²) in [5, 5.41) is 10.9. The van der Waals surface area contributed by atoms with Crippen LogP contribution < -0.4 is 11.1 Å². The molecule has 0 aliphatic carbocycles. The van der Waals surface area contributed by atoms with Gasteiger partial charge in [-0.2, -0.15) is 0 Å². The summed E-state index contributed by atoms with van der Waals surface area (Å²) < 4.78 is 0. The molecule has 1 aromatic heterocycles. The average molecular weight is 255 g/mol. The molecule has 2 heterocycles. The second kappa shape index (κ2) is 5.42. The SMILES string of the molecule is CCN1CCC(CNC(=O)c2nnc(N)s2)C1. The van der Waals surface area contributed by atoms with E-state index >= 15 is 0 Å². The molecule has 1 atom stereocenters. The highest BCUT2D eigenvalue weighted by molar-refractivity contribution is 7.16. The number of amides is 1. The number of nitrogens with two attached hydrogens (primary N) is 1. The molecule has 6 nitrogen and oxygen atoms in total. The molecule has 3 N–H and O–H groups in total. The number of carbonyl (C=O) groups is 1. The molecule has 17 heavy (non-hydrogen) atoms. The number of aromatic nitrogens is 2. The van der Waals surface area contributed by atoms with E-state index < -0.39 is 0 Å². The van der Waals surface area contributed by atoms with Crippen LogP contribution in [0, 0.1) is 5.92 Å². The molecule has 0 bridgehead atoms. The number of carbonyl (C=O) groups excluding carboxylic acids is 1. The first-order valence-electron chi connectivity index (χ1n) is 5.78. The summed E-state index contributed by atoms with van der Waals surface area (Å²) in [4.78, 5) is 14.1. The van der Waals surface area contributed by atoms with E-state index in [-0.39, 0.29) is 5.91 Å². The van der Waals surface area contributed by atoms with Crippen LogP contribution in [0.15, 0.2) is 0 Å². The van der Waals surface area contributed by atoms with Crippen LogP contribution in [0.5, 0.6) is 0 Å². The van der Waals surface area contributed by atoms with E-state index in [1.807, 2.05) is 0 Å². The monoisotopic (exact) mass is 255 g/mol. The Morgan fingerprint density at radius 2 is 2.47 bits per heavy atom. The van der Waals surface area contributed by atoms with Gasteiger partial charge in [0.15, 0.2) is 0 Å². The molecule has 0 aromatic carbocycles. The lowest BCUT2D eigenvalue weighted by Gasteiger charge is -2.13. The molecular formula is C10H17N5OS. The number of rotatable bonds is 4. The molecule has 1 aliphatic rings. The molecule has 94 valence electrons. The Bertz CT molecular complexity index is 394. The van der Waals surface area contributed by atoms with Crippen LogP contribution in [-0.2, 0) is 0 Å². The highest BCUT2D eigenvalue weighted by Gasteiger charge is 2.22. The van der Waals surface area contributed by atoms with E-state index in [4.69, 9.17) is 5.73 Å². The summed E-state index contributed by atoms with van der Waals surface area (Å²) in [6.07, 6.45) is 1.15. The van der Waals surface area contributed by atoms with Gasteiger partial charge in [0.05, 0.1) is 0 Å². The van der Waals surface area contributed by atoms with Crippen LogP contribution in [0.25, 0.3) is 0 Å².